The molecule has 3 unspecified atom stereocenters. The standard InChI is InChI=1S/C15H29NO3/c1-12-3-6-16(9-13(12)2)10-14(17)11-19-15-4-7-18-8-5-15/h12-15,17H,3-11H2,1-2H3. The van der Waals surface area contributed by atoms with Crippen LogP contribution in [0.1, 0.15) is 33.1 Å². The topological polar surface area (TPSA) is 41.9 Å². The maximum Gasteiger partial charge on any atom is 0.0900 e. The van der Waals surface area contributed by atoms with Crippen LogP contribution in [0.25, 0.3) is 0 Å². The van der Waals surface area contributed by atoms with E-state index >= 15 is 0 Å². The Kier molecular flexibility index (Phi) is 6.07. The van der Waals surface area contributed by atoms with Gasteiger partial charge in [0, 0.05) is 26.3 Å². The summed E-state index contributed by atoms with van der Waals surface area (Å²) in [6, 6.07) is 0. The second-order valence-corrected chi connectivity index (χ2v) is 6.30. The summed E-state index contributed by atoms with van der Waals surface area (Å²) in [4.78, 5) is 2.38. The molecule has 0 aromatic heterocycles. The van der Waals surface area contributed by atoms with Gasteiger partial charge in [-0.15, -0.1) is 0 Å². The highest BCUT2D eigenvalue weighted by Gasteiger charge is 2.24. The highest BCUT2D eigenvalue weighted by molar-refractivity contribution is 4.77. The minimum absolute atomic E-state index is 0.281. The molecule has 2 saturated heterocycles. The fourth-order valence-electron chi connectivity index (χ4n) is 2.96. The zero-order valence-electron chi connectivity index (χ0n) is 12.4. The summed E-state index contributed by atoms with van der Waals surface area (Å²) in [5.74, 6) is 1.55. The lowest BCUT2D eigenvalue weighted by Gasteiger charge is -2.36. The molecule has 0 aromatic carbocycles. The lowest BCUT2D eigenvalue weighted by atomic mass is 9.88. The van der Waals surface area contributed by atoms with E-state index in [2.05, 4.69) is 18.7 Å². The molecule has 3 atom stereocenters. The van der Waals surface area contributed by atoms with Crippen molar-refractivity contribution in [1.82, 2.24) is 4.90 Å². The molecule has 0 aromatic rings. The van der Waals surface area contributed by atoms with Crippen molar-refractivity contribution in [3.8, 4) is 0 Å². The monoisotopic (exact) mass is 271 g/mol. The number of rotatable bonds is 5. The first-order valence-corrected chi connectivity index (χ1v) is 7.75. The zero-order valence-corrected chi connectivity index (χ0v) is 12.4. The maximum absolute atomic E-state index is 10.1. The Morgan fingerprint density at radius 1 is 1.21 bits per heavy atom. The summed E-state index contributed by atoms with van der Waals surface area (Å²) < 4.78 is 11.1. The molecule has 2 heterocycles. The van der Waals surface area contributed by atoms with Crippen molar-refractivity contribution in [3.05, 3.63) is 0 Å². The van der Waals surface area contributed by atoms with Crippen LogP contribution < -0.4 is 0 Å². The predicted molar refractivity (Wildman–Crippen MR) is 75.2 cm³/mol. The molecule has 0 amide bonds. The molecule has 2 aliphatic rings. The number of piperidine rings is 1. The average Bonchev–Trinajstić information content (AvgIpc) is 2.42. The highest BCUT2D eigenvalue weighted by atomic mass is 16.5. The van der Waals surface area contributed by atoms with Crippen LogP contribution >= 0.6 is 0 Å². The molecule has 0 aliphatic carbocycles. The van der Waals surface area contributed by atoms with Crippen molar-refractivity contribution in [2.75, 3.05) is 39.5 Å². The molecule has 0 bridgehead atoms. The highest BCUT2D eigenvalue weighted by Crippen LogP contribution is 2.22. The normalized spacial score (nSPS) is 32.4. The number of hydrogen-bond acceptors (Lipinski definition) is 4. The largest absolute Gasteiger partial charge is 0.389 e. The van der Waals surface area contributed by atoms with E-state index in [0.29, 0.717) is 6.61 Å². The van der Waals surface area contributed by atoms with Crippen molar-refractivity contribution in [2.24, 2.45) is 11.8 Å². The van der Waals surface area contributed by atoms with Crippen LogP contribution in [0.2, 0.25) is 0 Å². The Bertz CT molecular complexity index is 256. The van der Waals surface area contributed by atoms with Crippen LogP contribution in [0, 0.1) is 11.8 Å². The van der Waals surface area contributed by atoms with Crippen molar-refractivity contribution in [3.63, 3.8) is 0 Å². The van der Waals surface area contributed by atoms with Gasteiger partial charge in [0.2, 0.25) is 0 Å². The lowest BCUT2D eigenvalue weighted by molar-refractivity contribution is -0.0663. The Balaban J connectivity index is 1.62. The molecule has 0 spiro atoms. The molecule has 2 rings (SSSR count). The van der Waals surface area contributed by atoms with Gasteiger partial charge in [0.1, 0.15) is 0 Å². The van der Waals surface area contributed by atoms with Crippen LogP contribution in [-0.2, 0) is 9.47 Å². The number of nitrogens with zero attached hydrogens (tertiary/aromatic N) is 1. The molecule has 4 heteroatoms. The molecule has 4 nitrogen and oxygen atoms in total. The van der Waals surface area contributed by atoms with E-state index in [1.54, 1.807) is 0 Å². The van der Waals surface area contributed by atoms with E-state index in [0.717, 1.165) is 57.5 Å². The molecule has 2 fully saturated rings. The first kappa shape index (κ1) is 15.2. The van der Waals surface area contributed by atoms with E-state index in [1.807, 2.05) is 0 Å². The van der Waals surface area contributed by atoms with Gasteiger partial charge in [-0.05, 0) is 37.6 Å². The third-order valence-corrected chi connectivity index (χ3v) is 4.58. The summed E-state index contributed by atoms with van der Waals surface area (Å²) in [6.07, 6.45) is 3.09. The quantitative estimate of drug-likeness (QED) is 0.823. The van der Waals surface area contributed by atoms with E-state index in [4.69, 9.17) is 9.47 Å². The number of hydrogen-bond donors (Lipinski definition) is 1. The predicted octanol–water partition coefficient (Wildman–Crippen LogP) is 1.52. The molecule has 0 radical (unpaired) electrons. The fourth-order valence-corrected chi connectivity index (χ4v) is 2.96. The van der Waals surface area contributed by atoms with Crippen molar-refractivity contribution >= 4 is 0 Å². The van der Waals surface area contributed by atoms with Crippen LogP contribution in [0.3, 0.4) is 0 Å². The summed E-state index contributed by atoms with van der Waals surface area (Å²) in [7, 11) is 0. The number of β-amino-alcohol motifs (C(OH)–C–C–N with tert-alkyl or cyclic N) is 1. The molecule has 112 valence electrons. The summed E-state index contributed by atoms with van der Waals surface area (Å²) >= 11 is 0. The molecule has 1 N–H and O–H groups in total. The zero-order chi connectivity index (χ0) is 13.7. The van der Waals surface area contributed by atoms with E-state index < -0.39 is 0 Å². The summed E-state index contributed by atoms with van der Waals surface area (Å²) in [5.41, 5.74) is 0. The van der Waals surface area contributed by atoms with Crippen molar-refractivity contribution < 1.29 is 14.6 Å². The van der Waals surface area contributed by atoms with Gasteiger partial charge in [0.25, 0.3) is 0 Å². The third kappa shape index (κ3) is 5.03. The van der Waals surface area contributed by atoms with E-state index in [9.17, 15) is 5.11 Å². The fraction of sp³-hybridized carbons (Fsp3) is 1.00. The minimum Gasteiger partial charge on any atom is -0.389 e. The number of likely N-dealkylation sites (tertiary alicyclic amines) is 1. The first-order valence-electron chi connectivity index (χ1n) is 7.75. The Morgan fingerprint density at radius 2 is 1.95 bits per heavy atom. The second-order valence-electron chi connectivity index (χ2n) is 6.30. The lowest BCUT2D eigenvalue weighted by Crippen LogP contribution is -2.43. The molecule has 19 heavy (non-hydrogen) atoms. The molecular formula is C15H29NO3. The van der Waals surface area contributed by atoms with E-state index in [-0.39, 0.29) is 12.2 Å². The third-order valence-electron chi connectivity index (χ3n) is 4.58. The molecule has 2 aliphatic heterocycles. The van der Waals surface area contributed by atoms with Gasteiger partial charge in [0.05, 0.1) is 18.8 Å². The van der Waals surface area contributed by atoms with Crippen LogP contribution in [0.15, 0.2) is 0 Å². The molecule has 0 saturated carbocycles. The molecular weight excluding hydrogens is 242 g/mol. The Labute approximate surface area is 117 Å². The Hall–Kier alpha value is -0.160. The summed E-state index contributed by atoms with van der Waals surface area (Å²) in [5, 5.41) is 10.1. The average molecular weight is 271 g/mol. The van der Waals surface area contributed by atoms with Crippen LogP contribution in [-0.4, -0.2) is 61.7 Å². The van der Waals surface area contributed by atoms with Gasteiger partial charge in [-0.3, -0.25) is 0 Å². The van der Waals surface area contributed by atoms with Gasteiger partial charge in [-0.2, -0.15) is 0 Å². The minimum atomic E-state index is -0.358. The van der Waals surface area contributed by atoms with Gasteiger partial charge < -0.3 is 19.5 Å². The van der Waals surface area contributed by atoms with Gasteiger partial charge >= 0.3 is 0 Å². The van der Waals surface area contributed by atoms with Crippen molar-refractivity contribution in [1.29, 1.82) is 0 Å². The first-order chi connectivity index (χ1) is 9.15. The SMILES string of the molecule is CC1CCN(CC(O)COC2CCOCC2)CC1C. The number of ether oxygens (including phenoxy) is 2. The number of aliphatic hydroxyl groups excluding tert-OH is 1. The van der Waals surface area contributed by atoms with Crippen molar-refractivity contribution in [2.45, 2.75) is 45.3 Å². The van der Waals surface area contributed by atoms with Crippen LogP contribution in [0.4, 0.5) is 0 Å². The second kappa shape index (κ2) is 7.58. The van der Waals surface area contributed by atoms with Crippen LogP contribution in [0.5, 0.6) is 0 Å². The van der Waals surface area contributed by atoms with E-state index in [1.165, 1.54) is 6.42 Å². The number of aliphatic hydroxyl groups is 1. The van der Waals surface area contributed by atoms with Gasteiger partial charge in [-0.1, -0.05) is 13.8 Å². The summed E-state index contributed by atoms with van der Waals surface area (Å²) in [6.45, 7) is 9.65. The van der Waals surface area contributed by atoms with Gasteiger partial charge in [-0.25, -0.2) is 0 Å². The Morgan fingerprint density at radius 3 is 2.63 bits per heavy atom. The maximum atomic E-state index is 10.1. The van der Waals surface area contributed by atoms with Gasteiger partial charge in [0.15, 0.2) is 0 Å². The smallest absolute Gasteiger partial charge is 0.0900 e.